The number of benzene rings is 1. The first-order valence-electron chi connectivity index (χ1n) is 7.09. The van der Waals surface area contributed by atoms with Crippen LogP contribution in [0.5, 0.6) is 5.75 Å². The molecule has 0 aliphatic carbocycles. The first-order chi connectivity index (χ1) is 9.69. The lowest BCUT2D eigenvalue weighted by Crippen LogP contribution is -2.45. The number of β-amino-alcohol motifs (C(OH)–C–C–N with tert-alkyl or cyclic N) is 1. The van der Waals surface area contributed by atoms with E-state index in [0.717, 1.165) is 36.4 Å². The predicted octanol–water partition coefficient (Wildman–Crippen LogP) is 0.697. The second-order valence-corrected chi connectivity index (χ2v) is 5.44. The van der Waals surface area contributed by atoms with Crippen molar-refractivity contribution in [3.05, 3.63) is 23.8 Å². The number of rotatable bonds is 2. The average molecular weight is 276 g/mol. The van der Waals surface area contributed by atoms with Gasteiger partial charge in [0.2, 0.25) is 5.91 Å². The number of hydrogen-bond donors (Lipinski definition) is 2. The number of fused-ring (bicyclic) bond motifs is 1. The zero-order chi connectivity index (χ0) is 14.1. The van der Waals surface area contributed by atoms with Crippen molar-refractivity contribution < 1.29 is 14.6 Å². The van der Waals surface area contributed by atoms with Gasteiger partial charge in [0.1, 0.15) is 5.75 Å². The van der Waals surface area contributed by atoms with E-state index in [9.17, 15) is 9.90 Å². The van der Waals surface area contributed by atoms with Crippen LogP contribution in [0.4, 0.5) is 5.69 Å². The van der Waals surface area contributed by atoms with Gasteiger partial charge in [-0.2, -0.15) is 0 Å². The number of amides is 1. The first-order valence-corrected chi connectivity index (χ1v) is 7.09. The molecule has 5 heteroatoms. The summed E-state index contributed by atoms with van der Waals surface area (Å²) < 4.78 is 5.24. The fourth-order valence-electron chi connectivity index (χ4n) is 3.02. The van der Waals surface area contributed by atoms with Gasteiger partial charge in [-0.25, -0.2) is 0 Å². The molecule has 1 saturated heterocycles. The molecule has 0 aromatic heterocycles. The van der Waals surface area contributed by atoms with Gasteiger partial charge in [0.15, 0.2) is 0 Å². The Labute approximate surface area is 118 Å². The molecule has 5 nitrogen and oxygen atoms in total. The molecular weight excluding hydrogens is 256 g/mol. The third-order valence-corrected chi connectivity index (χ3v) is 4.08. The van der Waals surface area contributed by atoms with Gasteiger partial charge in [-0.3, -0.25) is 4.79 Å². The number of hydrogen-bond acceptors (Lipinski definition) is 4. The molecule has 2 aliphatic heterocycles. The van der Waals surface area contributed by atoms with Crippen molar-refractivity contribution >= 4 is 11.6 Å². The van der Waals surface area contributed by atoms with E-state index >= 15 is 0 Å². The summed E-state index contributed by atoms with van der Waals surface area (Å²) in [6, 6.07) is 5.59. The fourth-order valence-corrected chi connectivity index (χ4v) is 3.02. The quantitative estimate of drug-likeness (QED) is 0.834. The van der Waals surface area contributed by atoms with Gasteiger partial charge < -0.3 is 20.1 Å². The lowest BCUT2D eigenvalue weighted by molar-refractivity contribution is -0.120. The van der Waals surface area contributed by atoms with E-state index in [0.29, 0.717) is 13.0 Å². The molecule has 1 aromatic carbocycles. The maximum atomic E-state index is 12.6. The van der Waals surface area contributed by atoms with Crippen LogP contribution in [-0.4, -0.2) is 43.4 Å². The summed E-state index contributed by atoms with van der Waals surface area (Å²) in [6.07, 6.45) is 2.02. The second-order valence-electron chi connectivity index (χ2n) is 5.44. The number of carbonyl (C=O) groups is 1. The maximum absolute atomic E-state index is 12.6. The van der Waals surface area contributed by atoms with Crippen LogP contribution in [0.25, 0.3) is 0 Å². The fraction of sp³-hybridized carbons (Fsp3) is 0.533. The third kappa shape index (κ3) is 2.39. The molecule has 1 aromatic rings. The van der Waals surface area contributed by atoms with Crippen LogP contribution in [-0.2, 0) is 11.2 Å². The zero-order valence-corrected chi connectivity index (χ0v) is 11.6. The van der Waals surface area contributed by atoms with E-state index < -0.39 is 6.10 Å². The number of carbonyl (C=O) groups excluding carboxylic acids is 1. The lowest BCUT2D eigenvalue weighted by Gasteiger charge is -2.31. The molecule has 2 heterocycles. The lowest BCUT2D eigenvalue weighted by atomic mass is 10.00. The summed E-state index contributed by atoms with van der Waals surface area (Å²) in [5.74, 6) is 0.889. The summed E-state index contributed by atoms with van der Waals surface area (Å²) in [5, 5.41) is 12.7. The minimum absolute atomic E-state index is 0.0627. The van der Waals surface area contributed by atoms with Crippen LogP contribution in [0.3, 0.4) is 0 Å². The Bertz CT molecular complexity index is 518. The van der Waals surface area contributed by atoms with Gasteiger partial charge in [0.25, 0.3) is 0 Å². The van der Waals surface area contributed by atoms with Crippen molar-refractivity contribution in [1.29, 1.82) is 0 Å². The van der Waals surface area contributed by atoms with Crippen molar-refractivity contribution in [1.82, 2.24) is 5.32 Å². The number of methoxy groups -OCH3 is 1. The van der Waals surface area contributed by atoms with Gasteiger partial charge in [-0.05, 0) is 43.0 Å². The van der Waals surface area contributed by atoms with E-state index in [-0.39, 0.29) is 11.9 Å². The van der Waals surface area contributed by atoms with Gasteiger partial charge >= 0.3 is 0 Å². The molecule has 2 atom stereocenters. The molecule has 3 rings (SSSR count). The van der Waals surface area contributed by atoms with Gasteiger partial charge in [-0.1, -0.05) is 0 Å². The standard InChI is InChI=1S/C15H20N2O3/c1-20-12-4-5-14-10(7-12)3-2-6-17(14)15(19)13-8-11(18)9-16-13/h4-5,7,11,13,16,18H,2-3,6,8-9H2,1H3. The van der Waals surface area contributed by atoms with Crippen molar-refractivity contribution in [3.8, 4) is 5.75 Å². The van der Waals surface area contributed by atoms with E-state index in [4.69, 9.17) is 4.74 Å². The van der Waals surface area contributed by atoms with Gasteiger partial charge in [0, 0.05) is 18.8 Å². The molecule has 0 bridgehead atoms. The minimum atomic E-state index is -0.413. The highest BCUT2D eigenvalue weighted by atomic mass is 16.5. The number of aliphatic hydroxyl groups is 1. The molecular formula is C15H20N2O3. The summed E-state index contributed by atoms with van der Waals surface area (Å²) in [5.41, 5.74) is 2.13. The van der Waals surface area contributed by atoms with Crippen LogP contribution >= 0.6 is 0 Å². The zero-order valence-electron chi connectivity index (χ0n) is 11.6. The number of anilines is 1. The highest BCUT2D eigenvalue weighted by Crippen LogP contribution is 2.31. The van der Waals surface area contributed by atoms with Gasteiger partial charge in [0.05, 0.1) is 19.3 Å². The van der Waals surface area contributed by atoms with Crippen molar-refractivity contribution in [2.24, 2.45) is 0 Å². The molecule has 0 radical (unpaired) electrons. The Morgan fingerprint density at radius 3 is 3.05 bits per heavy atom. The highest BCUT2D eigenvalue weighted by Gasteiger charge is 2.33. The SMILES string of the molecule is COc1ccc2c(c1)CCCN2C(=O)C1CC(O)CN1. The maximum Gasteiger partial charge on any atom is 0.244 e. The molecule has 2 aliphatic rings. The van der Waals surface area contributed by atoms with Crippen LogP contribution in [0.2, 0.25) is 0 Å². The monoisotopic (exact) mass is 276 g/mol. The van der Waals surface area contributed by atoms with E-state index in [1.807, 2.05) is 23.1 Å². The summed E-state index contributed by atoms with van der Waals surface area (Å²) in [6.45, 7) is 1.24. The Balaban J connectivity index is 1.84. The molecule has 108 valence electrons. The smallest absolute Gasteiger partial charge is 0.244 e. The number of ether oxygens (including phenoxy) is 1. The van der Waals surface area contributed by atoms with Crippen molar-refractivity contribution in [2.45, 2.75) is 31.4 Å². The molecule has 2 unspecified atom stereocenters. The molecule has 20 heavy (non-hydrogen) atoms. The van der Waals surface area contributed by atoms with E-state index in [1.165, 1.54) is 0 Å². The Morgan fingerprint density at radius 2 is 2.35 bits per heavy atom. The van der Waals surface area contributed by atoms with Gasteiger partial charge in [-0.15, -0.1) is 0 Å². The molecule has 0 saturated carbocycles. The predicted molar refractivity (Wildman–Crippen MR) is 76.1 cm³/mol. The third-order valence-electron chi connectivity index (χ3n) is 4.08. The van der Waals surface area contributed by atoms with E-state index in [1.54, 1.807) is 7.11 Å². The van der Waals surface area contributed by atoms with Crippen LogP contribution in [0, 0.1) is 0 Å². The Kier molecular flexibility index (Phi) is 3.63. The number of nitrogens with zero attached hydrogens (tertiary/aromatic N) is 1. The Morgan fingerprint density at radius 1 is 1.50 bits per heavy atom. The average Bonchev–Trinajstić information content (AvgIpc) is 2.91. The van der Waals surface area contributed by atoms with Crippen LogP contribution in [0.1, 0.15) is 18.4 Å². The minimum Gasteiger partial charge on any atom is -0.497 e. The van der Waals surface area contributed by atoms with Crippen molar-refractivity contribution in [2.75, 3.05) is 25.1 Å². The number of aryl methyl sites for hydroxylation is 1. The molecule has 1 fully saturated rings. The van der Waals surface area contributed by atoms with Crippen molar-refractivity contribution in [3.63, 3.8) is 0 Å². The normalized spacial score (nSPS) is 25.4. The molecule has 2 N–H and O–H groups in total. The largest absolute Gasteiger partial charge is 0.497 e. The van der Waals surface area contributed by atoms with Crippen LogP contribution in [0.15, 0.2) is 18.2 Å². The first kappa shape index (κ1) is 13.4. The number of aliphatic hydroxyl groups excluding tert-OH is 1. The summed E-state index contributed by atoms with van der Waals surface area (Å²) in [4.78, 5) is 14.4. The second kappa shape index (κ2) is 5.42. The molecule has 1 amide bonds. The van der Waals surface area contributed by atoms with E-state index in [2.05, 4.69) is 5.32 Å². The highest BCUT2D eigenvalue weighted by molar-refractivity contribution is 5.98. The molecule has 0 spiro atoms. The summed E-state index contributed by atoms with van der Waals surface area (Å²) >= 11 is 0. The van der Waals surface area contributed by atoms with Crippen LogP contribution < -0.4 is 15.0 Å². The number of nitrogens with one attached hydrogen (secondary N) is 1. The summed E-state index contributed by atoms with van der Waals surface area (Å²) in [7, 11) is 1.65. The Hall–Kier alpha value is -1.59. The topological polar surface area (TPSA) is 61.8 Å².